The van der Waals surface area contributed by atoms with E-state index in [0.29, 0.717) is 42.0 Å². The summed E-state index contributed by atoms with van der Waals surface area (Å²) in [6.45, 7) is 3.80. The molecule has 6 heteroatoms. The number of nitrogens with zero attached hydrogens (tertiary/aromatic N) is 1. The maximum Gasteiger partial charge on any atom is 0.311 e. The van der Waals surface area contributed by atoms with E-state index in [1.807, 2.05) is 6.07 Å². The number of carbonyl (C=O) groups excluding carboxylic acids is 2. The number of likely N-dealkylation sites (tertiary alicyclic amines) is 1. The van der Waals surface area contributed by atoms with Crippen molar-refractivity contribution in [1.29, 1.82) is 0 Å². The monoisotopic (exact) mass is 342 g/mol. The molecule has 2 amide bonds. The van der Waals surface area contributed by atoms with E-state index in [-0.39, 0.29) is 0 Å². The van der Waals surface area contributed by atoms with Gasteiger partial charge in [-0.25, -0.2) is 0 Å². The Bertz CT molecular complexity index is 563. The average Bonchev–Trinajstić information content (AvgIpc) is 2.48. The minimum Gasteiger partial charge on any atom is -0.347 e. The number of piperidine rings is 1. The third-order valence-electron chi connectivity index (χ3n) is 3.83. The lowest BCUT2D eigenvalue weighted by Gasteiger charge is -2.30. The lowest BCUT2D eigenvalue weighted by Crippen LogP contribution is -2.47. The van der Waals surface area contributed by atoms with Gasteiger partial charge in [0.25, 0.3) is 0 Å². The van der Waals surface area contributed by atoms with E-state index in [9.17, 15) is 9.59 Å². The highest BCUT2D eigenvalue weighted by Crippen LogP contribution is 2.21. The van der Waals surface area contributed by atoms with E-state index < -0.39 is 11.8 Å². The zero-order valence-electron chi connectivity index (χ0n) is 12.6. The third kappa shape index (κ3) is 4.62. The first-order valence-electron chi connectivity index (χ1n) is 7.48. The van der Waals surface area contributed by atoms with Crippen LogP contribution in [-0.4, -0.2) is 36.3 Å². The van der Waals surface area contributed by atoms with Crippen molar-refractivity contribution in [3.63, 3.8) is 0 Å². The van der Waals surface area contributed by atoms with E-state index in [1.54, 1.807) is 17.0 Å². The fourth-order valence-corrected chi connectivity index (χ4v) is 3.13. The zero-order valence-corrected chi connectivity index (χ0v) is 14.1. The van der Waals surface area contributed by atoms with E-state index >= 15 is 0 Å². The van der Waals surface area contributed by atoms with Crippen LogP contribution in [-0.2, 0) is 16.0 Å². The van der Waals surface area contributed by atoms with Crippen LogP contribution < -0.4 is 5.32 Å². The van der Waals surface area contributed by atoms with Crippen molar-refractivity contribution in [2.75, 3.05) is 19.6 Å². The number of amides is 2. The summed E-state index contributed by atoms with van der Waals surface area (Å²) >= 11 is 11.9. The first kappa shape index (κ1) is 17.1. The summed E-state index contributed by atoms with van der Waals surface area (Å²) < 4.78 is 0. The summed E-state index contributed by atoms with van der Waals surface area (Å²) in [6, 6.07) is 5.25. The van der Waals surface area contributed by atoms with Gasteiger partial charge >= 0.3 is 11.8 Å². The highest BCUT2D eigenvalue weighted by molar-refractivity contribution is 6.35. The van der Waals surface area contributed by atoms with E-state index in [1.165, 1.54) is 0 Å². The molecule has 1 saturated heterocycles. The molecule has 2 rings (SSSR count). The Morgan fingerprint density at radius 2 is 2.14 bits per heavy atom. The fraction of sp³-hybridized carbons (Fsp3) is 0.500. The minimum atomic E-state index is -0.542. The molecule has 1 fully saturated rings. The molecular weight excluding hydrogens is 323 g/mol. The topological polar surface area (TPSA) is 49.4 Å². The molecule has 120 valence electrons. The molecule has 0 bridgehead atoms. The van der Waals surface area contributed by atoms with Gasteiger partial charge in [-0.2, -0.15) is 0 Å². The van der Waals surface area contributed by atoms with Gasteiger partial charge < -0.3 is 10.2 Å². The molecule has 0 saturated carbocycles. The molecule has 1 aromatic rings. The molecular formula is C16H20Cl2N2O2. The van der Waals surface area contributed by atoms with Crippen LogP contribution in [0.3, 0.4) is 0 Å². The number of nitrogens with one attached hydrogen (secondary N) is 1. The molecule has 1 N–H and O–H groups in total. The van der Waals surface area contributed by atoms with E-state index in [0.717, 1.165) is 18.4 Å². The Kier molecular flexibility index (Phi) is 6.09. The molecule has 1 aromatic carbocycles. The molecule has 1 atom stereocenters. The van der Waals surface area contributed by atoms with Gasteiger partial charge in [0.15, 0.2) is 0 Å². The first-order chi connectivity index (χ1) is 10.5. The standard InChI is InChI=1S/C16H20Cl2N2O2/c1-11-3-2-8-20(10-11)16(22)15(21)19-7-6-12-4-5-13(17)9-14(12)18/h4-5,9,11H,2-3,6-8,10H2,1H3,(H,19,21). The SMILES string of the molecule is CC1CCCN(C(=O)C(=O)NCCc2ccc(Cl)cc2Cl)C1. The van der Waals surface area contributed by atoms with Crippen LogP contribution in [0.4, 0.5) is 0 Å². The first-order valence-corrected chi connectivity index (χ1v) is 8.24. The number of hydrogen-bond acceptors (Lipinski definition) is 2. The molecule has 0 radical (unpaired) electrons. The van der Waals surface area contributed by atoms with Gasteiger partial charge in [-0.1, -0.05) is 36.2 Å². The highest BCUT2D eigenvalue weighted by atomic mass is 35.5. The Balaban J connectivity index is 1.81. The maximum absolute atomic E-state index is 12.1. The van der Waals surface area contributed by atoms with Gasteiger partial charge in [0.2, 0.25) is 0 Å². The molecule has 4 nitrogen and oxygen atoms in total. The molecule has 1 heterocycles. The zero-order chi connectivity index (χ0) is 16.1. The van der Waals surface area contributed by atoms with Crippen LogP contribution in [0.25, 0.3) is 0 Å². The fourth-order valence-electron chi connectivity index (χ4n) is 2.63. The average molecular weight is 343 g/mol. The Morgan fingerprint density at radius 3 is 2.82 bits per heavy atom. The molecule has 1 unspecified atom stereocenters. The maximum atomic E-state index is 12.1. The van der Waals surface area contributed by atoms with E-state index in [2.05, 4.69) is 12.2 Å². The van der Waals surface area contributed by atoms with Crippen LogP contribution in [0, 0.1) is 5.92 Å². The largest absolute Gasteiger partial charge is 0.347 e. The molecule has 0 aliphatic carbocycles. The summed E-state index contributed by atoms with van der Waals surface area (Å²) in [6.07, 6.45) is 2.63. The van der Waals surface area contributed by atoms with Crippen molar-refractivity contribution in [2.45, 2.75) is 26.2 Å². The van der Waals surface area contributed by atoms with E-state index in [4.69, 9.17) is 23.2 Å². The van der Waals surface area contributed by atoms with Crippen molar-refractivity contribution in [1.82, 2.24) is 10.2 Å². The van der Waals surface area contributed by atoms with Crippen molar-refractivity contribution >= 4 is 35.0 Å². The second-order valence-corrected chi connectivity index (χ2v) is 6.58. The number of carbonyl (C=O) groups is 2. The Hall–Kier alpha value is -1.26. The summed E-state index contributed by atoms with van der Waals surface area (Å²) in [4.78, 5) is 25.6. The van der Waals surface area contributed by atoms with Crippen LogP contribution in [0.2, 0.25) is 10.0 Å². The summed E-state index contributed by atoms with van der Waals surface area (Å²) in [5, 5.41) is 3.81. The van der Waals surface area contributed by atoms with Gasteiger partial charge in [0.05, 0.1) is 0 Å². The molecule has 22 heavy (non-hydrogen) atoms. The number of benzene rings is 1. The predicted octanol–water partition coefficient (Wildman–Crippen LogP) is 2.91. The van der Waals surface area contributed by atoms with Gasteiger partial charge in [-0.3, -0.25) is 9.59 Å². The summed E-state index contributed by atoms with van der Waals surface area (Å²) in [5.41, 5.74) is 0.894. The minimum absolute atomic E-state index is 0.370. The quantitative estimate of drug-likeness (QED) is 0.858. The summed E-state index contributed by atoms with van der Waals surface area (Å²) in [7, 11) is 0. The lowest BCUT2D eigenvalue weighted by atomic mass is 10.0. The molecule has 0 aromatic heterocycles. The number of rotatable bonds is 3. The molecule has 1 aliphatic heterocycles. The van der Waals surface area contributed by atoms with Gasteiger partial charge in [-0.15, -0.1) is 0 Å². The van der Waals surface area contributed by atoms with Crippen LogP contribution >= 0.6 is 23.2 Å². The lowest BCUT2D eigenvalue weighted by molar-refractivity contribution is -0.146. The van der Waals surface area contributed by atoms with Crippen LogP contribution in [0.15, 0.2) is 18.2 Å². The second-order valence-electron chi connectivity index (χ2n) is 5.74. The second kappa shape index (κ2) is 7.84. The van der Waals surface area contributed by atoms with Crippen molar-refractivity contribution in [2.24, 2.45) is 5.92 Å². The van der Waals surface area contributed by atoms with Crippen molar-refractivity contribution < 1.29 is 9.59 Å². The Labute approximate surface area is 140 Å². The number of halogens is 2. The normalized spacial score (nSPS) is 18.1. The van der Waals surface area contributed by atoms with Crippen molar-refractivity contribution in [3.05, 3.63) is 33.8 Å². The van der Waals surface area contributed by atoms with Gasteiger partial charge in [0, 0.05) is 29.7 Å². The predicted molar refractivity (Wildman–Crippen MR) is 88.2 cm³/mol. The van der Waals surface area contributed by atoms with Crippen LogP contribution in [0.5, 0.6) is 0 Å². The third-order valence-corrected chi connectivity index (χ3v) is 4.42. The molecule has 0 spiro atoms. The van der Waals surface area contributed by atoms with Gasteiger partial charge in [-0.05, 0) is 42.9 Å². The Morgan fingerprint density at radius 1 is 1.36 bits per heavy atom. The number of hydrogen-bond donors (Lipinski definition) is 1. The highest BCUT2D eigenvalue weighted by Gasteiger charge is 2.25. The van der Waals surface area contributed by atoms with Crippen molar-refractivity contribution in [3.8, 4) is 0 Å². The summed E-state index contributed by atoms with van der Waals surface area (Å²) in [5.74, 6) is -0.522. The molecule has 1 aliphatic rings. The smallest absolute Gasteiger partial charge is 0.311 e. The van der Waals surface area contributed by atoms with Crippen LogP contribution in [0.1, 0.15) is 25.3 Å². The van der Waals surface area contributed by atoms with Gasteiger partial charge in [0.1, 0.15) is 0 Å².